The van der Waals surface area contributed by atoms with Crippen LogP contribution >= 0.6 is 0 Å². The van der Waals surface area contributed by atoms with E-state index < -0.39 is 11.6 Å². The van der Waals surface area contributed by atoms with E-state index in [1.165, 1.54) is 13.2 Å². The van der Waals surface area contributed by atoms with Crippen LogP contribution in [0.15, 0.2) is 24.3 Å². The number of hydrogen-bond acceptors (Lipinski definition) is 2. The molecule has 2 rings (SSSR count). The first-order valence-corrected chi connectivity index (χ1v) is 4.82. The Balaban J connectivity index is 2.88. The van der Waals surface area contributed by atoms with Gasteiger partial charge in [0.2, 0.25) is 0 Å². The molecule has 0 aliphatic carbocycles. The Morgan fingerprint density at radius 1 is 1.19 bits per heavy atom. The molecule has 0 aromatic heterocycles. The third kappa shape index (κ3) is 1.61. The molecule has 0 heterocycles. The van der Waals surface area contributed by atoms with E-state index in [-0.39, 0.29) is 17.3 Å². The zero-order chi connectivity index (χ0) is 11.7. The SMILES string of the molecule is COc1cc(CN)cc2c(F)ccc(F)c12. The fraction of sp³-hybridized carbons (Fsp3) is 0.167. The molecular formula is C12H11F2NO. The lowest BCUT2D eigenvalue weighted by molar-refractivity contribution is 0.417. The molecule has 0 atom stereocenters. The molecule has 2 N–H and O–H groups in total. The Bertz CT molecular complexity index is 540. The molecule has 0 unspecified atom stereocenters. The summed E-state index contributed by atoms with van der Waals surface area (Å²) >= 11 is 0. The summed E-state index contributed by atoms with van der Waals surface area (Å²) in [6.07, 6.45) is 0. The third-order valence-corrected chi connectivity index (χ3v) is 2.49. The summed E-state index contributed by atoms with van der Waals surface area (Å²) in [5, 5.41) is 0.347. The Morgan fingerprint density at radius 2 is 1.88 bits per heavy atom. The van der Waals surface area contributed by atoms with Crippen LogP contribution in [0.2, 0.25) is 0 Å². The highest BCUT2D eigenvalue weighted by Crippen LogP contribution is 2.31. The lowest BCUT2D eigenvalue weighted by Gasteiger charge is -2.09. The summed E-state index contributed by atoms with van der Waals surface area (Å²) in [6.45, 7) is 0.252. The van der Waals surface area contributed by atoms with Crippen LogP contribution in [0.5, 0.6) is 5.75 Å². The van der Waals surface area contributed by atoms with Gasteiger partial charge in [0.25, 0.3) is 0 Å². The fourth-order valence-corrected chi connectivity index (χ4v) is 1.71. The smallest absolute Gasteiger partial charge is 0.134 e. The highest BCUT2D eigenvalue weighted by molar-refractivity contribution is 5.90. The van der Waals surface area contributed by atoms with E-state index in [1.807, 2.05) is 0 Å². The highest BCUT2D eigenvalue weighted by Gasteiger charge is 2.12. The molecule has 2 aromatic rings. The number of hydrogen-bond donors (Lipinski definition) is 1. The molecule has 0 spiro atoms. The van der Waals surface area contributed by atoms with Gasteiger partial charge >= 0.3 is 0 Å². The number of nitrogens with two attached hydrogens (primary N) is 1. The van der Waals surface area contributed by atoms with Gasteiger partial charge in [0.15, 0.2) is 0 Å². The first-order valence-electron chi connectivity index (χ1n) is 4.82. The van der Waals surface area contributed by atoms with Crippen LogP contribution in [0, 0.1) is 11.6 Å². The van der Waals surface area contributed by atoms with Crippen molar-refractivity contribution in [2.24, 2.45) is 5.73 Å². The average molecular weight is 223 g/mol. The van der Waals surface area contributed by atoms with Crippen LogP contribution in [-0.2, 0) is 6.54 Å². The number of rotatable bonds is 2. The monoisotopic (exact) mass is 223 g/mol. The van der Waals surface area contributed by atoms with Crippen molar-refractivity contribution in [1.82, 2.24) is 0 Å². The number of ether oxygens (including phenoxy) is 1. The molecule has 0 bridgehead atoms. The second-order valence-corrected chi connectivity index (χ2v) is 3.45. The summed E-state index contributed by atoms with van der Waals surface area (Å²) in [7, 11) is 1.42. The zero-order valence-electron chi connectivity index (χ0n) is 8.76. The Hall–Kier alpha value is -1.68. The van der Waals surface area contributed by atoms with E-state index in [2.05, 4.69) is 0 Å². The van der Waals surface area contributed by atoms with E-state index in [4.69, 9.17) is 10.5 Å². The van der Waals surface area contributed by atoms with Crippen molar-refractivity contribution in [1.29, 1.82) is 0 Å². The second-order valence-electron chi connectivity index (χ2n) is 3.45. The minimum Gasteiger partial charge on any atom is -0.496 e. The van der Waals surface area contributed by atoms with Crippen molar-refractivity contribution < 1.29 is 13.5 Å². The van der Waals surface area contributed by atoms with E-state index in [0.29, 0.717) is 11.3 Å². The minimum atomic E-state index is -0.503. The quantitative estimate of drug-likeness (QED) is 0.849. The zero-order valence-corrected chi connectivity index (χ0v) is 8.76. The number of fused-ring (bicyclic) bond motifs is 1. The van der Waals surface area contributed by atoms with Crippen molar-refractivity contribution in [3.63, 3.8) is 0 Å². The van der Waals surface area contributed by atoms with Gasteiger partial charge < -0.3 is 10.5 Å². The van der Waals surface area contributed by atoms with Crippen molar-refractivity contribution in [3.05, 3.63) is 41.5 Å². The molecule has 0 saturated carbocycles. The van der Waals surface area contributed by atoms with E-state index >= 15 is 0 Å². The van der Waals surface area contributed by atoms with Gasteiger partial charge in [-0.15, -0.1) is 0 Å². The molecule has 4 heteroatoms. The van der Waals surface area contributed by atoms with Crippen molar-refractivity contribution >= 4 is 10.8 Å². The molecule has 0 amide bonds. The van der Waals surface area contributed by atoms with Crippen molar-refractivity contribution in [2.75, 3.05) is 7.11 Å². The van der Waals surface area contributed by atoms with Crippen molar-refractivity contribution in [2.45, 2.75) is 6.54 Å². The lowest BCUT2D eigenvalue weighted by atomic mass is 10.0. The molecule has 16 heavy (non-hydrogen) atoms. The maximum Gasteiger partial charge on any atom is 0.134 e. The summed E-state index contributed by atoms with van der Waals surface area (Å²) in [6, 6.07) is 5.33. The highest BCUT2D eigenvalue weighted by atomic mass is 19.1. The van der Waals surface area contributed by atoms with Crippen LogP contribution in [0.1, 0.15) is 5.56 Å². The molecule has 0 aliphatic heterocycles. The number of methoxy groups -OCH3 is 1. The van der Waals surface area contributed by atoms with Gasteiger partial charge in [-0.2, -0.15) is 0 Å². The summed E-state index contributed by atoms with van der Waals surface area (Å²) < 4.78 is 32.2. The Morgan fingerprint density at radius 3 is 2.50 bits per heavy atom. The minimum absolute atomic E-state index is 0.153. The van der Waals surface area contributed by atoms with E-state index in [0.717, 1.165) is 12.1 Å². The van der Waals surface area contributed by atoms with E-state index in [9.17, 15) is 8.78 Å². The first-order chi connectivity index (χ1) is 7.67. The van der Waals surface area contributed by atoms with Crippen LogP contribution in [0.3, 0.4) is 0 Å². The molecule has 2 aromatic carbocycles. The third-order valence-electron chi connectivity index (χ3n) is 2.49. The predicted molar refractivity (Wildman–Crippen MR) is 58.3 cm³/mol. The normalized spacial score (nSPS) is 10.8. The van der Waals surface area contributed by atoms with Gasteiger partial charge in [-0.3, -0.25) is 0 Å². The number of benzene rings is 2. The molecule has 0 fully saturated rings. The topological polar surface area (TPSA) is 35.2 Å². The van der Waals surface area contributed by atoms with Crippen LogP contribution < -0.4 is 10.5 Å². The standard InChI is InChI=1S/C12H11F2NO/c1-16-11-5-7(6-15)4-8-9(13)2-3-10(14)12(8)11/h2-5H,6,15H2,1H3. The maximum absolute atomic E-state index is 13.6. The molecule has 0 radical (unpaired) electrons. The predicted octanol–water partition coefficient (Wildman–Crippen LogP) is 2.59. The summed E-state index contributed by atoms with van der Waals surface area (Å²) in [5.74, 6) is -0.684. The van der Waals surface area contributed by atoms with Crippen LogP contribution in [0.4, 0.5) is 8.78 Å². The van der Waals surface area contributed by atoms with Crippen LogP contribution in [0.25, 0.3) is 10.8 Å². The fourth-order valence-electron chi connectivity index (χ4n) is 1.71. The second kappa shape index (κ2) is 4.06. The van der Waals surface area contributed by atoms with Gasteiger partial charge in [-0.1, -0.05) is 0 Å². The van der Waals surface area contributed by atoms with Crippen molar-refractivity contribution in [3.8, 4) is 5.75 Å². The Kier molecular flexibility index (Phi) is 2.75. The summed E-state index contributed by atoms with van der Waals surface area (Å²) in [4.78, 5) is 0. The molecular weight excluding hydrogens is 212 g/mol. The molecule has 0 aliphatic rings. The number of halogens is 2. The molecule has 0 saturated heterocycles. The molecule has 2 nitrogen and oxygen atoms in total. The van der Waals surface area contributed by atoms with Gasteiger partial charge in [-0.05, 0) is 29.8 Å². The van der Waals surface area contributed by atoms with E-state index in [1.54, 1.807) is 6.07 Å². The average Bonchev–Trinajstić information content (AvgIpc) is 2.32. The van der Waals surface area contributed by atoms with Gasteiger partial charge in [-0.25, -0.2) is 8.78 Å². The summed E-state index contributed by atoms with van der Waals surface area (Å²) in [5.41, 5.74) is 6.18. The maximum atomic E-state index is 13.6. The van der Waals surface area contributed by atoms with Gasteiger partial charge in [0.1, 0.15) is 17.4 Å². The lowest BCUT2D eigenvalue weighted by Crippen LogP contribution is -1.99. The first kappa shape index (κ1) is 10.8. The van der Waals surface area contributed by atoms with Crippen LogP contribution in [-0.4, -0.2) is 7.11 Å². The largest absolute Gasteiger partial charge is 0.496 e. The van der Waals surface area contributed by atoms with Gasteiger partial charge in [0, 0.05) is 11.9 Å². The molecule has 84 valence electrons. The van der Waals surface area contributed by atoms with Gasteiger partial charge in [0.05, 0.1) is 12.5 Å². The Labute approximate surface area is 91.6 Å².